The summed E-state index contributed by atoms with van der Waals surface area (Å²) in [7, 11) is 0. The van der Waals surface area contributed by atoms with Crippen LogP contribution in [0.3, 0.4) is 0 Å². The zero-order valence-corrected chi connectivity index (χ0v) is 14.0. The first-order chi connectivity index (χ1) is 11.7. The highest BCUT2D eigenvalue weighted by Crippen LogP contribution is 2.28. The molecule has 9 heteroatoms. The molecule has 1 aliphatic heterocycles. The van der Waals surface area contributed by atoms with Crippen LogP contribution in [0.25, 0.3) is 11.0 Å². The fourth-order valence-electron chi connectivity index (χ4n) is 2.56. The topological polar surface area (TPSA) is 70.8 Å². The number of thiol groups is 1. The second kappa shape index (κ2) is 7.82. The second-order valence-electron chi connectivity index (χ2n) is 5.47. The number of fused-ring (bicyclic) bond motifs is 1. The van der Waals surface area contributed by atoms with Crippen LogP contribution in [0.15, 0.2) is 22.7 Å². The van der Waals surface area contributed by atoms with Crippen LogP contribution in [-0.2, 0) is 4.74 Å². The summed E-state index contributed by atoms with van der Waals surface area (Å²) < 4.78 is 24.9. The Morgan fingerprint density at radius 3 is 3.00 bits per heavy atom. The SMILES string of the molecule is O=C(NCCCN1CCOCC1)N(S)c1noc2c(F)cccc12. The van der Waals surface area contributed by atoms with Crippen LogP contribution in [0.2, 0.25) is 0 Å². The van der Waals surface area contributed by atoms with Gasteiger partial charge < -0.3 is 14.6 Å². The van der Waals surface area contributed by atoms with E-state index >= 15 is 0 Å². The highest BCUT2D eigenvalue weighted by molar-refractivity contribution is 7.82. The molecule has 2 aromatic rings. The number of anilines is 1. The van der Waals surface area contributed by atoms with Gasteiger partial charge in [-0.2, -0.15) is 0 Å². The summed E-state index contributed by atoms with van der Waals surface area (Å²) in [5, 5.41) is 6.89. The summed E-state index contributed by atoms with van der Waals surface area (Å²) in [5.41, 5.74) is 0.00617. The number of nitrogens with zero attached hydrogens (tertiary/aromatic N) is 3. The summed E-state index contributed by atoms with van der Waals surface area (Å²) in [6, 6.07) is 3.99. The summed E-state index contributed by atoms with van der Waals surface area (Å²) in [5.74, 6) is -0.364. The van der Waals surface area contributed by atoms with Crippen molar-refractivity contribution in [2.24, 2.45) is 0 Å². The third-order valence-corrected chi connectivity index (χ3v) is 4.23. The number of halogens is 1. The average molecular weight is 354 g/mol. The van der Waals surface area contributed by atoms with Crippen LogP contribution < -0.4 is 9.62 Å². The van der Waals surface area contributed by atoms with Crippen molar-refractivity contribution in [1.82, 2.24) is 15.4 Å². The number of morpholine rings is 1. The summed E-state index contributed by atoms with van der Waals surface area (Å²) >= 11 is 4.14. The van der Waals surface area contributed by atoms with Gasteiger partial charge in [0.25, 0.3) is 0 Å². The molecule has 2 heterocycles. The lowest BCUT2D eigenvalue weighted by atomic mass is 10.2. The lowest BCUT2D eigenvalue weighted by molar-refractivity contribution is 0.0375. The Bertz CT molecular complexity index is 705. The first kappa shape index (κ1) is 17.0. The van der Waals surface area contributed by atoms with Gasteiger partial charge >= 0.3 is 6.03 Å². The Labute approximate surface area is 144 Å². The first-order valence-electron chi connectivity index (χ1n) is 7.77. The molecule has 2 amide bonds. The quantitative estimate of drug-likeness (QED) is 0.635. The number of aromatic nitrogens is 1. The normalized spacial score (nSPS) is 15.6. The molecule has 3 rings (SSSR count). The van der Waals surface area contributed by atoms with Crippen LogP contribution in [0.5, 0.6) is 0 Å². The number of para-hydroxylation sites is 1. The molecule has 0 bridgehead atoms. The minimum atomic E-state index is -0.529. The van der Waals surface area contributed by atoms with Gasteiger partial charge in [0.1, 0.15) is 0 Å². The maximum atomic E-state index is 13.6. The zero-order valence-electron chi connectivity index (χ0n) is 13.1. The van der Waals surface area contributed by atoms with Crippen LogP contribution in [-0.4, -0.2) is 55.5 Å². The molecule has 1 aliphatic rings. The molecule has 0 aliphatic carbocycles. The predicted molar refractivity (Wildman–Crippen MR) is 90.7 cm³/mol. The number of ether oxygens (including phenoxy) is 1. The van der Waals surface area contributed by atoms with Crippen molar-refractivity contribution in [3.63, 3.8) is 0 Å². The molecule has 0 saturated carbocycles. The van der Waals surface area contributed by atoms with E-state index in [4.69, 9.17) is 9.26 Å². The fraction of sp³-hybridized carbons (Fsp3) is 0.467. The van der Waals surface area contributed by atoms with Gasteiger partial charge in [-0.1, -0.05) is 24.0 Å². The molecular formula is C15H19FN4O3S. The smallest absolute Gasteiger partial charge is 0.333 e. The van der Waals surface area contributed by atoms with E-state index in [0.717, 1.165) is 43.6 Å². The van der Waals surface area contributed by atoms with Crippen molar-refractivity contribution < 1.29 is 18.4 Å². The molecule has 1 fully saturated rings. The van der Waals surface area contributed by atoms with E-state index in [-0.39, 0.29) is 11.4 Å². The molecule has 24 heavy (non-hydrogen) atoms. The van der Waals surface area contributed by atoms with Gasteiger partial charge in [-0.15, -0.1) is 0 Å². The molecule has 0 spiro atoms. The van der Waals surface area contributed by atoms with Gasteiger partial charge in [0.2, 0.25) is 5.58 Å². The molecule has 0 radical (unpaired) electrons. The lowest BCUT2D eigenvalue weighted by Crippen LogP contribution is -2.39. The molecule has 1 aromatic heterocycles. The van der Waals surface area contributed by atoms with Gasteiger partial charge in [-0.3, -0.25) is 4.90 Å². The predicted octanol–water partition coefficient (Wildman–Crippen LogP) is 2.05. The highest BCUT2D eigenvalue weighted by atomic mass is 32.1. The standard InChI is InChI=1S/C15H19FN4O3S/c16-12-4-1-3-11-13(12)23-18-14(11)20(24)15(21)17-5-2-6-19-7-9-22-10-8-19/h1,3-4,24H,2,5-10H2,(H,17,21). The van der Waals surface area contributed by atoms with Gasteiger partial charge in [-0.25, -0.2) is 13.5 Å². The van der Waals surface area contributed by atoms with Crippen molar-refractivity contribution in [3.05, 3.63) is 24.0 Å². The molecule has 1 aromatic carbocycles. The number of amides is 2. The van der Waals surface area contributed by atoms with E-state index in [2.05, 4.69) is 28.2 Å². The fourth-order valence-corrected chi connectivity index (χ4v) is 2.78. The molecule has 1 N–H and O–H groups in total. The summed E-state index contributed by atoms with van der Waals surface area (Å²) in [4.78, 5) is 14.4. The van der Waals surface area contributed by atoms with Crippen LogP contribution >= 0.6 is 12.8 Å². The maximum absolute atomic E-state index is 13.6. The highest BCUT2D eigenvalue weighted by Gasteiger charge is 2.20. The van der Waals surface area contributed by atoms with E-state index < -0.39 is 11.8 Å². The molecule has 7 nitrogen and oxygen atoms in total. The summed E-state index contributed by atoms with van der Waals surface area (Å²) in [6.07, 6.45) is 0.821. The largest absolute Gasteiger partial charge is 0.379 e. The molecule has 130 valence electrons. The van der Waals surface area contributed by atoms with Gasteiger partial charge in [0.05, 0.1) is 18.6 Å². The zero-order chi connectivity index (χ0) is 16.9. The number of carbonyl (C=O) groups is 1. The Balaban J connectivity index is 1.51. The average Bonchev–Trinajstić information content (AvgIpc) is 3.04. The number of carbonyl (C=O) groups excluding carboxylic acids is 1. The van der Waals surface area contributed by atoms with Crippen LogP contribution in [0.4, 0.5) is 15.0 Å². The summed E-state index contributed by atoms with van der Waals surface area (Å²) in [6.45, 7) is 4.76. The van der Waals surface area contributed by atoms with Crippen LogP contribution in [0, 0.1) is 5.82 Å². The van der Waals surface area contributed by atoms with Crippen LogP contribution in [0.1, 0.15) is 6.42 Å². The number of benzene rings is 1. The van der Waals surface area contributed by atoms with E-state index in [1.54, 1.807) is 6.07 Å². The number of hydrogen-bond donors (Lipinski definition) is 2. The molecule has 0 unspecified atom stereocenters. The third kappa shape index (κ3) is 3.80. The van der Waals surface area contributed by atoms with Gasteiger partial charge in [0.15, 0.2) is 11.6 Å². The second-order valence-corrected chi connectivity index (χ2v) is 5.87. The number of rotatable bonds is 5. The van der Waals surface area contributed by atoms with Crippen molar-refractivity contribution in [2.45, 2.75) is 6.42 Å². The number of nitrogens with one attached hydrogen (secondary N) is 1. The van der Waals surface area contributed by atoms with E-state index in [0.29, 0.717) is 11.9 Å². The van der Waals surface area contributed by atoms with Gasteiger partial charge in [-0.05, 0) is 25.1 Å². The lowest BCUT2D eigenvalue weighted by Gasteiger charge is -2.26. The minimum absolute atomic E-state index is 0.00617. The van der Waals surface area contributed by atoms with E-state index in [9.17, 15) is 9.18 Å². The van der Waals surface area contributed by atoms with Crippen molar-refractivity contribution in [3.8, 4) is 0 Å². The van der Waals surface area contributed by atoms with Gasteiger partial charge in [0, 0.05) is 19.6 Å². The van der Waals surface area contributed by atoms with E-state index in [1.807, 2.05) is 0 Å². The Hall–Kier alpha value is -1.84. The Morgan fingerprint density at radius 1 is 1.42 bits per heavy atom. The molecular weight excluding hydrogens is 335 g/mol. The Kier molecular flexibility index (Phi) is 5.54. The third-order valence-electron chi connectivity index (χ3n) is 3.86. The minimum Gasteiger partial charge on any atom is -0.379 e. The first-order valence-corrected chi connectivity index (χ1v) is 8.17. The maximum Gasteiger partial charge on any atom is 0.333 e. The molecule has 0 atom stereocenters. The van der Waals surface area contributed by atoms with Crippen molar-refractivity contribution >= 4 is 35.6 Å². The molecule has 1 saturated heterocycles. The monoisotopic (exact) mass is 354 g/mol. The number of hydrogen-bond acceptors (Lipinski definition) is 6. The van der Waals surface area contributed by atoms with Crippen molar-refractivity contribution in [1.29, 1.82) is 0 Å². The number of urea groups is 1. The van der Waals surface area contributed by atoms with Crippen molar-refractivity contribution in [2.75, 3.05) is 43.7 Å². The van der Waals surface area contributed by atoms with E-state index in [1.165, 1.54) is 12.1 Å². The Morgan fingerprint density at radius 2 is 2.21 bits per heavy atom.